The molecule has 1 heterocycles. The molecule has 1 atom stereocenters. The number of hydrogen-bond donors (Lipinski definition) is 3. The van der Waals surface area contributed by atoms with E-state index in [9.17, 15) is 8.96 Å². The Morgan fingerprint density at radius 2 is 2.28 bits per heavy atom. The second-order valence-corrected chi connectivity index (χ2v) is 4.90. The molecule has 0 unspecified atom stereocenters. The van der Waals surface area contributed by atoms with Crippen LogP contribution in [-0.4, -0.2) is 45.5 Å². The monoisotopic (exact) mass is 281 g/mol. The van der Waals surface area contributed by atoms with Crippen LogP contribution < -0.4 is 10.5 Å². The average molecular weight is 281 g/mol. The van der Waals surface area contributed by atoms with Gasteiger partial charge in [0, 0.05) is 6.20 Å². The maximum absolute atomic E-state index is 12.5. The van der Waals surface area contributed by atoms with E-state index in [1.54, 1.807) is 0 Å². The van der Waals surface area contributed by atoms with E-state index >= 15 is 0 Å². The van der Waals surface area contributed by atoms with Crippen molar-refractivity contribution in [3.05, 3.63) is 12.3 Å². The predicted molar refractivity (Wildman–Crippen MR) is 59.7 cm³/mol. The Labute approximate surface area is 102 Å². The van der Waals surface area contributed by atoms with Crippen LogP contribution in [0, 0.1) is 0 Å². The van der Waals surface area contributed by atoms with E-state index in [0.29, 0.717) is 0 Å². The summed E-state index contributed by atoms with van der Waals surface area (Å²) >= 11 is 0. The van der Waals surface area contributed by atoms with Gasteiger partial charge in [-0.05, 0) is 6.07 Å². The van der Waals surface area contributed by atoms with E-state index in [2.05, 4.69) is 14.7 Å². The first-order valence-corrected chi connectivity index (χ1v) is 6.64. The molecule has 1 rings (SSSR count). The standard InChI is InChI=1S/C8H13FN3O5P/c9-3-6(17-5-18(13,14)15)4-16-8-11-2-1-7(10)12-8/h1-2,6H,3-5H2,(H2,10,11,12)(H2,13,14,15)/t6-/m0/s1. The number of alkyl halides is 1. The van der Waals surface area contributed by atoms with Gasteiger partial charge in [-0.1, -0.05) is 0 Å². The van der Waals surface area contributed by atoms with Gasteiger partial charge in [0.15, 0.2) is 0 Å². The van der Waals surface area contributed by atoms with Gasteiger partial charge < -0.3 is 25.0 Å². The van der Waals surface area contributed by atoms with Gasteiger partial charge in [0.05, 0.1) is 0 Å². The Balaban J connectivity index is 2.42. The second-order valence-electron chi connectivity index (χ2n) is 3.31. The molecule has 1 aromatic heterocycles. The quantitative estimate of drug-likeness (QED) is 0.592. The minimum Gasteiger partial charge on any atom is -0.461 e. The van der Waals surface area contributed by atoms with E-state index in [-0.39, 0.29) is 18.4 Å². The largest absolute Gasteiger partial charge is 0.461 e. The van der Waals surface area contributed by atoms with E-state index in [1.165, 1.54) is 12.3 Å². The molecule has 10 heteroatoms. The van der Waals surface area contributed by atoms with Crippen molar-refractivity contribution >= 4 is 13.4 Å². The van der Waals surface area contributed by atoms with Gasteiger partial charge in [-0.3, -0.25) is 4.57 Å². The lowest BCUT2D eigenvalue weighted by molar-refractivity contribution is 0.0200. The summed E-state index contributed by atoms with van der Waals surface area (Å²) in [5.41, 5.74) is 5.37. The number of hydrogen-bond acceptors (Lipinski definition) is 6. The van der Waals surface area contributed by atoms with Crippen molar-refractivity contribution in [2.24, 2.45) is 0 Å². The fourth-order valence-corrected chi connectivity index (χ4v) is 1.34. The third-order valence-electron chi connectivity index (χ3n) is 1.70. The fraction of sp³-hybridized carbons (Fsp3) is 0.500. The summed E-state index contributed by atoms with van der Waals surface area (Å²) in [7, 11) is -4.33. The maximum Gasteiger partial charge on any atom is 0.350 e. The molecule has 4 N–H and O–H groups in total. The maximum atomic E-state index is 12.5. The van der Waals surface area contributed by atoms with E-state index in [1.807, 2.05) is 0 Å². The van der Waals surface area contributed by atoms with Gasteiger partial charge in [0.25, 0.3) is 0 Å². The molecule has 0 aromatic carbocycles. The van der Waals surface area contributed by atoms with Crippen molar-refractivity contribution in [3.63, 3.8) is 0 Å². The highest BCUT2D eigenvalue weighted by Crippen LogP contribution is 2.34. The summed E-state index contributed by atoms with van der Waals surface area (Å²) in [4.78, 5) is 24.5. The molecule has 0 bridgehead atoms. The lowest BCUT2D eigenvalue weighted by atomic mass is 10.4. The van der Waals surface area contributed by atoms with E-state index < -0.39 is 26.7 Å². The lowest BCUT2D eigenvalue weighted by Gasteiger charge is -2.15. The molecular formula is C8H13FN3O5P. The summed E-state index contributed by atoms with van der Waals surface area (Å²) in [5, 5.41) is 0. The van der Waals surface area contributed by atoms with Crippen molar-refractivity contribution in [1.82, 2.24) is 9.97 Å². The van der Waals surface area contributed by atoms with Gasteiger partial charge in [0.1, 0.15) is 31.6 Å². The van der Waals surface area contributed by atoms with Gasteiger partial charge in [-0.15, -0.1) is 0 Å². The molecule has 8 nitrogen and oxygen atoms in total. The number of anilines is 1. The Morgan fingerprint density at radius 3 is 2.83 bits per heavy atom. The first kappa shape index (κ1) is 14.8. The zero-order valence-electron chi connectivity index (χ0n) is 9.27. The third-order valence-corrected chi connectivity index (χ3v) is 2.19. The van der Waals surface area contributed by atoms with Gasteiger partial charge in [-0.2, -0.15) is 4.98 Å². The topological polar surface area (TPSA) is 128 Å². The van der Waals surface area contributed by atoms with Crippen LogP contribution in [0.15, 0.2) is 12.3 Å². The molecule has 0 saturated heterocycles. The molecule has 0 saturated carbocycles. The molecular weight excluding hydrogens is 268 g/mol. The Bertz CT molecular complexity index is 429. The minimum atomic E-state index is -4.33. The smallest absolute Gasteiger partial charge is 0.350 e. The van der Waals surface area contributed by atoms with Crippen molar-refractivity contribution in [3.8, 4) is 6.01 Å². The van der Waals surface area contributed by atoms with Crippen molar-refractivity contribution in [2.75, 3.05) is 25.4 Å². The van der Waals surface area contributed by atoms with Crippen LogP contribution in [0.5, 0.6) is 6.01 Å². The number of rotatable bonds is 7. The van der Waals surface area contributed by atoms with Gasteiger partial charge >= 0.3 is 13.6 Å². The van der Waals surface area contributed by atoms with Gasteiger partial charge in [0.2, 0.25) is 0 Å². The van der Waals surface area contributed by atoms with E-state index in [0.717, 1.165) is 0 Å². The molecule has 0 spiro atoms. The SMILES string of the molecule is Nc1ccnc(OC[C@H](CF)OCP(=O)(O)O)n1. The summed E-state index contributed by atoms with van der Waals surface area (Å²) in [6.45, 7) is -1.23. The summed E-state index contributed by atoms with van der Waals surface area (Å²) < 4.78 is 32.7. The van der Waals surface area contributed by atoms with Crippen LogP contribution in [0.4, 0.5) is 10.2 Å². The van der Waals surface area contributed by atoms with Crippen LogP contribution >= 0.6 is 7.60 Å². The number of nitrogens with two attached hydrogens (primary N) is 1. The Morgan fingerprint density at radius 1 is 1.56 bits per heavy atom. The fourth-order valence-electron chi connectivity index (χ4n) is 0.931. The highest BCUT2D eigenvalue weighted by atomic mass is 31.2. The highest BCUT2D eigenvalue weighted by molar-refractivity contribution is 7.51. The Kier molecular flexibility index (Phi) is 5.42. The third kappa shape index (κ3) is 5.87. The molecule has 0 fully saturated rings. The zero-order valence-corrected chi connectivity index (χ0v) is 10.2. The number of halogens is 1. The zero-order chi connectivity index (χ0) is 13.6. The number of nitrogen functional groups attached to an aromatic ring is 1. The molecule has 1 aromatic rings. The molecule has 102 valence electrons. The van der Waals surface area contributed by atoms with Crippen molar-refractivity contribution < 1.29 is 28.2 Å². The molecule has 0 aliphatic heterocycles. The summed E-state index contributed by atoms with van der Waals surface area (Å²) in [6.07, 6.45) is -0.621. The van der Waals surface area contributed by atoms with Crippen molar-refractivity contribution in [2.45, 2.75) is 6.10 Å². The van der Waals surface area contributed by atoms with Crippen LogP contribution in [0.2, 0.25) is 0 Å². The Hall–Kier alpha value is -1.28. The van der Waals surface area contributed by atoms with Crippen molar-refractivity contribution in [1.29, 1.82) is 0 Å². The van der Waals surface area contributed by atoms with Crippen LogP contribution in [0.1, 0.15) is 0 Å². The normalized spacial score (nSPS) is 13.3. The summed E-state index contributed by atoms with van der Waals surface area (Å²) in [5.74, 6) is 0.188. The molecule has 0 aliphatic rings. The van der Waals surface area contributed by atoms with Gasteiger partial charge in [-0.25, -0.2) is 9.37 Å². The molecule has 0 radical (unpaired) electrons. The minimum absolute atomic E-state index is 0.0618. The predicted octanol–water partition coefficient (Wildman–Crippen LogP) is -0.0725. The first-order chi connectivity index (χ1) is 8.40. The molecule has 18 heavy (non-hydrogen) atoms. The van der Waals surface area contributed by atoms with Crippen LogP contribution in [-0.2, 0) is 9.30 Å². The lowest BCUT2D eigenvalue weighted by Crippen LogP contribution is -2.25. The first-order valence-electron chi connectivity index (χ1n) is 4.84. The number of aromatic nitrogens is 2. The van der Waals surface area contributed by atoms with Crippen LogP contribution in [0.25, 0.3) is 0 Å². The molecule has 0 aliphatic carbocycles. The van der Waals surface area contributed by atoms with E-state index in [4.69, 9.17) is 20.3 Å². The summed E-state index contributed by atoms with van der Waals surface area (Å²) in [6, 6.07) is 1.39. The number of ether oxygens (including phenoxy) is 2. The number of nitrogens with zero attached hydrogens (tertiary/aromatic N) is 2. The average Bonchev–Trinajstić information content (AvgIpc) is 2.28. The molecule has 0 amide bonds. The highest BCUT2D eigenvalue weighted by Gasteiger charge is 2.18. The van der Waals surface area contributed by atoms with Crippen LogP contribution in [0.3, 0.4) is 0 Å². The second kappa shape index (κ2) is 6.60.